The molecule has 0 amide bonds. The topological polar surface area (TPSA) is 99.4 Å². The second kappa shape index (κ2) is 6.13. The molecule has 23 heavy (non-hydrogen) atoms. The van der Waals surface area contributed by atoms with Gasteiger partial charge in [-0.25, -0.2) is 13.4 Å². The van der Waals surface area contributed by atoms with Crippen molar-refractivity contribution in [3.8, 4) is 11.8 Å². The van der Waals surface area contributed by atoms with Gasteiger partial charge in [-0.3, -0.25) is 0 Å². The van der Waals surface area contributed by atoms with Gasteiger partial charge in [0.05, 0.1) is 20.0 Å². The average Bonchev–Trinajstić information content (AvgIpc) is 3.18. The highest BCUT2D eigenvalue weighted by molar-refractivity contribution is 7.89. The minimum absolute atomic E-state index is 0.0462. The van der Waals surface area contributed by atoms with Crippen LogP contribution in [0.25, 0.3) is 0 Å². The van der Waals surface area contributed by atoms with Crippen molar-refractivity contribution in [2.24, 2.45) is 7.05 Å². The van der Waals surface area contributed by atoms with Crippen LogP contribution in [0.5, 0.6) is 11.8 Å². The van der Waals surface area contributed by atoms with Crippen LogP contribution < -0.4 is 9.47 Å². The molecule has 0 aliphatic carbocycles. The predicted octanol–water partition coefficient (Wildman–Crippen LogP) is 0.0607. The molecule has 0 N–H and O–H groups in total. The lowest BCUT2D eigenvalue weighted by Crippen LogP contribution is -2.31. The number of hydrogen-bond donors (Lipinski definition) is 0. The van der Waals surface area contributed by atoms with Gasteiger partial charge in [0.1, 0.15) is 6.10 Å². The molecule has 1 fully saturated rings. The minimum atomic E-state index is -3.59. The molecule has 9 nitrogen and oxygen atoms in total. The highest BCUT2D eigenvalue weighted by Gasteiger charge is 2.35. The Labute approximate surface area is 133 Å². The van der Waals surface area contributed by atoms with Gasteiger partial charge >= 0.3 is 0 Å². The van der Waals surface area contributed by atoms with Crippen LogP contribution in [0.4, 0.5) is 0 Å². The molecule has 0 radical (unpaired) electrons. The fourth-order valence-electron chi connectivity index (χ4n) is 2.32. The molecule has 3 heterocycles. The third-order valence-corrected chi connectivity index (χ3v) is 5.26. The fraction of sp³-hybridized carbons (Fsp3) is 0.462. The Balaban J connectivity index is 1.66. The molecule has 1 atom stereocenters. The zero-order chi connectivity index (χ0) is 16.4. The van der Waals surface area contributed by atoms with E-state index in [0.29, 0.717) is 24.7 Å². The van der Waals surface area contributed by atoms with Gasteiger partial charge in [0, 0.05) is 31.9 Å². The molecule has 2 aromatic rings. The number of rotatable bonds is 5. The molecule has 0 aromatic carbocycles. The minimum Gasteiger partial charge on any atom is -0.480 e. The summed E-state index contributed by atoms with van der Waals surface area (Å²) >= 11 is 0. The summed E-state index contributed by atoms with van der Waals surface area (Å²) in [7, 11) is -0.360. The number of hydrogen-bond acceptors (Lipinski definition) is 7. The molecule has 0 bridgehead atoms. The standard InChI is InChI=1S/C13H17N5O4S/c1-17-8-13(14-9-17)23(19,20)18-6-5-10(7-18)22-12-4-3-11(21-2)15-16-12/h3-4,8-10H,5-7H2,1-2H3. The molecular formula is C13H17N5O4S. The van der Waals surface area contributed by atoms with Crippen LogP contribution in [-0.2, 0) is 17.1 Å². The summed E-state index contributed by atoms with van der Waals surface area (Å²) in [6, 6.07) is 3.28. The maximum atomic E-state index is 12.5. The normalized spacial score (nSPS) is 19.0. The Morgan fingerprint density at radius 3 is 2.61 bits per heavy atom. The van der Waals surface area contributed by atoms with Crippen molar-refractivity contribution in [2.45, 2.75) is 17.6 Å². The van der Waals surface area contributed by atoms with Gasteiger partial charge in [-0.15, -0.1) is 10.2 Å². The molecule has 124 valence electrons. The highest BCUT2D eigenvalue weighted by atomic mass is 32.2. The third-order valence-electron chi connectivity index (χ3n) is 3.51. The second-order valence-corrected chi connectivity index (χ2v) is 7.07. The van der Waals surface area contributed by atoms with Crippen molar-refractivity contribution >= 4 is 10.0 Å². The summed E-state index contributed by atoms with van der Waals surface area (Å²) in [6.07, 6.45) is 3.26. The molecule has 2 aromatic heterocycles. The molecule has 1 aliphatic heterocycles. The van der Waals surface area contributed by atoms with Crippen molar-refractivity contribution in [3.05, 3.63) is 24.7 Å². The first-order valence-electron chi connectivity index (χ1n) is 7.01. The van der Waals surface area contributed by atoms with Crippen molar-refractivity contribution in [2.75, 3.05) is 20.2 Å². The largest absolute Gasteiger partial charge is 0.480 e. The van der Waals surface area contributed by atoms with Gasteiger partial charge in [-0.05, 0) is 6.42 Å². The van der Waals surface area contributed by atoms with E-state index in [1.54, 1.807) is 23.7 Å². The first kappa shape index (κ1) is 15.7. The summed E-state index contributed by atoms with van der Waals surface area (Å²) in [5, 5.41) is 7.74. The monoisotopic (exact) mass is 339 g/mol. The molecule has 1 aliphatic rings. The number of ether oxygens (including phenoxy) is 2. The first-order valence-corrected chi connectivity index (χ1v) is 8.45. The smallest absolute Gasteiger partial charge is 0.262 e. The lowest BCUT2D eigenvalue weighted by Gasteiger charge is -2.15. The third kappa shape index (κ3) is 3.27. The molecule has 0 spiro atoms. The van der Waals surface area contributed by atoms with Crippen molar-refractivity contribution in [1.29, 1.82) is 0 Å². The van der Waals surface area contributed by atoms with Crippen LogP contribution in [-0.4, -0.2) is 58.8 Å². The Bertz CT molecular complexity index is 774. The molecule has 3 rings (SSSR count). The van der Waals surface area contributed by atoms with E-state index in [-0.39, 0.29) is 17.7 Å². The molecule has 1 saturated heterocycles. The molecule has 1 unspecified atom stereocenters. The Kier molecular flexibility index (Phi) is 4.18. The van der Waals surface area contributed by atoms with Gasteiger partial charge in [-0.1, -0.05) is 0 Å². The van der Waals surface area contributed by atoms with Crippen LogP contribution in [0.2, 0.25) is 0 Å². The number of aromatic nitrogens is 4. The summed E-state index contributed by atoms with van der Waals surface area (Å²) in [6.45, 7) is 0.639. The van der Waals surface area contributed by atoms with Crippen LogP contribution in [0.3, 0.4) is 0 Å². The van der Waals surface area contributed by atoms with Gasteiger partial charge < -0.3 is 14.0 Å². The average molecular weight is 339 g/mol. The summed E-state index contributed by atoms with van der Waals surface area (Å²) in [5.74, 6) is 0.732. The Morgan fingerprint density at radius 2 is 2.00 bits per heavy atom. The SMILES string of the molecule is COc1ccc(OC2CCN(S(=O)(=O)c3cn(C)cn3)C2)nn1. The molecule has 10 heteroatoms. The van der Waals surface area contributed by atoms with Crippen LogP contribution in [0, 0.1) is 0 Å². The second-order valence-electron chi connectivity index (χ2n) is 5.18. The zero-order valence-corrected chi connectivity index (χ0v) is 13.6. The van der Waals surface area contributed by atoms with Crippen LogP contribution >= 0.6 is 0 Å². The lowest BCUT2D eigenvalue weighted by atomic mass is 10.3. The van der Waals surface area contributed by atoms with E-state index >= 15 is 0 Å². The molecule has 0 saturated carbocycles. The van der Waals surface area contributed by atoms with E-state index < -0.39 is 10.0 Å². The number of sulfonamides is 1. The summed E-state index contributed by atoms with van der Waals surface area (Å²) in [5.41, 5.74) is 0. The number of aryl methyl sites for hydroxylation is 1. The lowest BCUT2D eigenvalue weighted by molar-refractivity contribution is 0.203. The van der Waals surface area contributed by atoms with Crippen LogP contribution in [0.1, 0.15) is 6.42 Å². The van der Waals surface area contributed by atoms with E-state index in [1.807, 2.05) is 0 Å². The Hall–Kier alpha value is -2.20. The van der Waals surface area contributed by atoms with Crippen molar-refractivity contribution in [1.82, 2.24) is 24.1 Å². The fourth-order valence-corrected chi connectivity index (χ4v) is 3.77. The number of methoxy groups -OCH3 is 1. The van der Waals surface area contributed by atoms with Crippen molar-refractivity contribution in [3.63, 3.8) is 0 Å². The molecular weight excluding hydrogens is 322 g/mol. The van der Waals surface area contributed by atoms with Crippen molar-refractivity contribution < 1.29 is 17.9 Å². The van der Waals surface area contributed by atoms with Gasteiger partial charge in [0.25, 0.3) is 10.0 Å². The predicted molar refractivity (Wildman–Crippen MR) is 79.6 cm³/mol. The van der Waals surface area contributed by atoms with E-state index in [4.69, 9.17) is 9.47 Å². The summed E-state index contributed by atoms with van der Waals surface area (Å²) < 4.78 is 38.5. The quantitative estimate of drug-likeness (QED) is 0.759. The number of nitrogens with zero attached hydrogens (tertiary/aromatic N) is 5. The van der Waals surface area contributed by atoms with Gasteiger partial charge in [0.2, 0.25) is 11.8 Å². The Morgan fingerprint density at radius 1 is 1.26 bits per heavy atom. The maximum absolute atomic E-state index is 12.5. The maximum Gasteiger partial charge on any atom is 0.262 e. The van der Waals surface area contributed by atoms with E-state index in [0.717, 1.165) is 0 Å². The first-order chi connectivity index (χ1) is 11.0. The van der Waals surface area contributed by atoms with Gasteiger partial charge in [0.15, 0.2) is 5.03 Å². The van der Waals surface area contributed by atoms with E-state index in [2.05, 4.69) is 15.2 Å². The highest BCUT2D eigenvalue weighted by Crippen LogP contribution is 2.22. The zero-order valence-electron chi connectivity index (χ0n) is 12.8. The summed E-state index contributed by atoms with van der Waals surface area (Å²) in [4.78, 5) is 3.92. The van der Waals surface area contributed by atoms with Gasteiger partial charge in [-0.2, -0.15) is 4.31 Å². The van der Waals surface area contributed by atoms with Crippen LogP contribution in [0.15, 0.2) is 29.7 Å². The van der Waals surface area contributed by atoms with E-state index in [1.165, 1.54) is 23.9 Å². The number of imidazole rings is 1. The van der Waals surface area contributed by atoms with E-state index in [9.17, 15) is 8.42 Å².